The van der Waals surface area contributed by atoms with Gasteiger partial charge in [0.25, 0.3) is 0 Å². The fourth-order valence-electron chi connectivity index (χ4n) is 0. The molecule has 0 nitrogen and oxygen atoms in total. The van der Waals surface area contributed by atoms with Gasteiger partial charge < -0.3 is 0 Å². The summed E-state index contributed by atoms with van der Waals surface area (Å²) < 4.78 is 0. The van der Waals surface area contributed by atoms with Crippen molar-refractivity contribution in [2.24, 2.45) is 0 Å². The quantitative estimate of drug-likeness (QED) is 0.500. The van der Waals surface area contributed by atoms with Gasteiger partial charge in [-0.05, 0) is 0 Å². The van der Waals surface area contributed by atoms with Crippen LogP contribution in [0.15, 0.2) is 0 Å². The Labute approximate surface area is 42.9 Å². The standard InChI is InChI=1S/C2H6Ge.Zr/c1-3-2;/h1-2H3;/q;+2. The Bertz CT molecular complexity index is 29.0. The zero-order chi connectivity index (χ0) is 3.58. The Hall–Kier alpha value is 1.43. The maximum absolute atomic E-state index is 2.37. The first kappa shape index (κ1) is 5.43. The van der Waals surface area contributed by atoms with E-state index < -0.39 is 0 Å². The molecule has 0 aromatic carbocycles. The van der Waals surface area contributed by atoms with Gasteiger partial charge in [0.15, 0.2) is 0 Å². The zero-order valence-corrected chi connectivity index (χ0v) is 7.56. The first-order valence-corrected chi connectivity index (χ1v) is 12.9. The van der Waals surface area contributed by atoms with E-state index in [1.807, 2.05) is 0 Å². The third-order valence-corrected chi connectivity index (χ3v) is 0. The molecule has 0 heterocycles. The second-order valence-electron chi connectivity index (χ2n) is 1.00. The first-order valence-electron chi connectivity index (χ1n) is 1.25. The Morgan fingerprint density at radius 1 is 1.50 bits per heavy atom. The molecular formula is C2H6GeZr+2. The van der Waals surface area contributed by atoms with E-state index in [0.29, 0.717) is 0 Å². The van der Waals surface area contributed by atoms with Crippen molar-refractivity contribution in [2.75, 3.05) is 0 Å². The van der Waals surface area contributed by atoms with Crippen LogP contribution in [0.3, 0.4) is 0 Å². The van der Waals surface area contributed by atoms with Crippen molar-refractivity contribution in [3.05, 3.63) is 0 Å². The van der Waals surface area contributed by atoms with Crippen molar-refractivity contribution in [3.8, 4) is 0 Å². The predicted octanol–water partition coefficient (Wildman–Crippen LogP) is 0.784. The summed E-state index contributed by atoms with van der Waals surface area (Å²) in [5.41, 5.74) is 0. The van der Waals surface area contributed by atoms with Gasteiger partial charge in [-0.3, -0.25) is 0 Å². The Kier molecular flexibility index (Phi) is 3.60. The molecule has 0 aromatic rings. The molecule has 0 unspecified atom stereocenters. The monoisotopic (exact) mass is 194 g/mol. The maximum atomic E-state index is 2.37. The van der Waals surface area contributed by atoms with Gasteiger partial charge in [-0.2, -0.15) is 0 Å². The van der Waals surface area contributed by atoms with Gasteiger partial charge in [-0.25, -0.2) is 0 Å². The molecule has 0 spiro atoms. The second-order valence-corrected chi connectivity index (χ2v) is 18.0. The summed E-state index contributed by atoms with van der Waals surface area (Å²) in [6, 6.07) is 0. The average Bonchev–Trinajstić information content (AvgIpc) is 0.811. The van der Waals surface area contributed by atoms with Gasteiger partial charge in [-0.15, -0.1) is 0 Å². The summed E-state index contributed by atoms with van der Waals surface area (Å²) in [6.45, 7) is 0. The molecule has 20 valence electrons. The van der Waals surface area contributed by atoms with Crippen LogP contribution >= 0.6 is 0 Å². The molecule has 0 saturated carbocycles. The van der Waals surface area contributed by atoms with Crippen molar-refractivity contribution in [3.63, 3.8) is 0 Å². The Morgan fingerprint density at radius 2 is 1.50 bits per heavy atom. The molecular weight excluding hydrogens is 188 g/mol. The normalized spacial score (nSPS) is 7.00. The summed E-state index contributed by atoms with van der Waals surface area (Å²) in [6.07, 6.45) is 0. The van der Waals surface area contributed by atoms with E-state index in [0.717, 1.165) is 0 Å². The van der Waals surface area contributed by atoms with E-state index in [4.69, 9.17) is 0 Å². The zero-order valence-electron chi connectivity index (χ0n) is 3.00. The van der Waals surface area contributed by atoms with E-state index in [1.54, 1.807) is 21.6 Å². The summed E-state index contributed by atoms with van der Waals surface area (Å²) >= 11 is 1.80. The van der Waals surface area contributed by atoms with Crippen LogP contribution in [0, 0.1) is 0 Å². The molecule has 0 aliphatic heterocycles. The van der Waals surface area contributed by atoms with Crippen molar-refractivity contribution in [1.82, 2.24) is 0 Å². The average molecular weight is 194 g/mol. The Balaban J connectivity index is 2.80. The van der Waals surface area contributed by atoms with Gasteiger partial charge in [0.1, 0.15) is 0 Å². The molecule has 0 bridgehead atoms. The molecule has 0 fully saturated rings. The summed E-state index contributed by atoms with van der Waals surface area (Å²) in [5, 5.41) is 0. The number of hydrogen-bond acceptors (Lipinski definition) is 0. The molecule has 0 amide bonds. The molecule has 4 heavy (non-hydrogen) atoms. The second kappa shape index (κ2) is 2.65. The predicted molar refractivity (Wildman–Crippen MR) is 17.5 cm³/mol. The minimum atomic E-state index is -0.243. The first-order chi connectivity index (χ1) is 1.73. The van der Waals surface area contributed by atoms with Gasteiger partial charge in [-0.1, -0.05) is 0 Å². The molecule has 0 N–H and O–H groups in total. The molecule has 2 heteroatoms. The third-order valence-electron chi connectivity index (χ3n) is 0. The van der Waals surface area contributed by atoms with Crippen LogP contribution in [0.2, 0.25) is 11.5 Å². The number of hydrogen-bond donors (Lipinski definition) is 0. The molecule has 0 aliphatic rings. The molecule has 0 atom stereocenters. The van der Waals surface area contributed by atoms with E-state index in [9.17, 15) is 0 Å². The summed E-state index contributed by atoms with van der Waals surface area (Å²) in [5.74, 6) is 4.75. The topological polar surface area (TPSA) is 0 Å². The molecule has 0 rings (SSSR count). The minimum absolute atomic E-state index is 0.243. The van der Waals surface area contributed by atoms with Crippen molar-refractivity contribution in [2.45, 2.75) is 11.5 Å². The van der Waals surface area contributed by atoms with Crippen LogP contribution in [0.4, 0.5) is 0 Å². The van der Waals surface area contributed by atoms with E-state index >= 15 is 0 Å². The fourth-order valence-corrected chi connectivity index (χ4v) is 0. The van der Waals surface area contributed by atoms with Gasteiger partial charge >= 0.3 is 43.1 Å². The van der Waals surface area contributed by atoms with Crippen LogP contribution in [0.5, 0.6) is 0 Å². The van der Waals surface area contributed by atoms with Crippen LogP contribution < -0.4 is 0 Å². The molecule has 0 aromatic heterocycles. The van der Waals surface area contributed by atoms with Gasteiger partial charge in [0, 0.05) is 0 Å². The van der Waals surface area contributed by atoms with E-state index in [1.165, 1.54) is 0 Å². The van der Waals surface area contributed by atoms with Crippen LogP contribution in [0.1, 0.15) is 0 Å². The molecule has 0 saturated heterocycles. The van der Waals surface area contributed by atoms with Crippen LogP contribution in [-0.4, -0.2) is 9.98 Å². The Morgan fingerprint density at radius 3 is 1.50 bits per heavy atom. The van der Waals surface area contributed by atoms with Crippen molar-refractivity contribution >= 4 is 9.98 Å². The molecule has 0 radical (unpaired) electrons. The van der Waals surface area contributed by atoms with Gasteiger partial charge in [0.2, 0.25) is 0 Å². The van der Waals surface area contributed by atoms with Gasteiger partial charge in [0.05, 0.1) is 0 Å². The summed E-state index contributed by atoms with van der Waals surface area (Å²) in [7, 11) is -0.243. The van der Waals surface area contributed by atoms with E-state index in [-0.39, 0.29) is 9.98 Å². The van der Waals surface area contributed by atoms with E-state index in [2.05, 4.69) is 11.5 Å². The summed E-state index contributed by atoms with van der Waals surface area (Å²) in [4.78, 5) is 0. The number of rotatable bonds is 0. The fraction of sp³-hybridized carbons (Fsp3) is 1.00. The SMILES string of the molecule is [CH3][Ge]([CH3])=[Zr+2]. The molecule has 0 aliphatic carbocycles. The van der Waals surface area contributed by atoms with Crippen molar-refractivity contribution < 1.29 is 21.6 Å². The van der Waals surface area contributed by atoms with Crippen LogP contribution in [0.25, 0.3) is 0 Å². The third kappa shape index (κ3) is 9.92. The van der Waals surface area contributed by atoms with Crippen molar-refractivity contribution in [1.29, 1.82) is 0 Å². The van der Waals surface area contributed by atoms with Crippen LogP contribution in [-0.2, 0) is 21.6 Å².